The smallest absolute Gasteiger partial charge is 0.267 e. The van der Waals surface area contributed by atoms with Gasteiger partial charge in [-0.3, -0.25) is 14.5 Å². The van der Waals surface area contributed by atoms with Gasteiger partial charge in [0, 0.05) is 50.6 Å². The molecule has 2 N–H and O–H groups in total. The topological polar surface area (TPSA) is 68.4 Å². The second-order valence-electron chi connectivity index (χ2n) is 8.89. The maximum Gasteiger partial charge on any atom is 0.267 e. The van der Waals surface area contributed by atoms with Crippen molar-refractivity contribution in [3.8, 4) is 0 Å². The highest BCUT2D eigenvalue weighted by molar-refractivity contribution is 5.99. The van der Waals surface area contributed by atoms with Gasteiger partial charge in [0.05, 0.1) is 5.52 Å². The van der Waals surface area contributed by atoms with Crippen LogP contribution in [0.3, 0.4) is 0 Å². The molecule has 2 heterocycles. The molecular formula is C23H31FN4O2. The van der Waals surface area contributed by atoms with Crippen molar-refractivity contribution in [1.29, 1.82) is 0 Å². The molecule has 0 unspecified atom stereocenters. The van der Waals surface area contributed by atoms with Gasteiger partial charge in [-0.1, -0.05) is 6.07 Å². The minimum absolute atomic E-state index is 0.109. The largest absolute Gasteiger partial charge is 0.350 e. The van der Waals surface area contributed by atoms with E-state index in [2.05, 4.69) is 15.2 Å². The lowest BCUT2D eigenvalue weighted by molar-refractivity contribution is -0.129. The first-order valence-electron chi connectivity index (χ1n) is 10.9. The van der Waals surface area contributed by atoms with Gasteiger partial charge < -0.3 is 15.2 Å². The van der Waals surface area contributed by atoms with Gasteiger partial charge in [0.2, 0.25) is 5.91 Å². The minimum Gasteiger partial charge on any atom is -0.350 e. The Morgan fingerprint density at radius 3 is 2.80 bits per heavy atom. The predicted octanol–water partition coefficient (Wildman–Crippen LogP) is 3.21. The van der Waals surface area contributed by atoms with Crippen LogP contribution in [0.5, 0.6) is 0 Å². The van der Waals surface area contributed by atoms with Crippen molar-refractivity contribution in [1.82, 2.24) is 20.1 Å². The summed E-state index contributed by atoms with van der Waals surface area (Å²) in [6.07, 6.45) is 5.07. The normalized spacial score (nSPS) is 24.9. The Kier molecular flexibility index (Phi) is 5.82. The number of hydrogen-bond donors (Lipinski definition) is 2. The number of carbonyl (C=O) groups excluding carboxylic acids is 2. The molecule has 2 aromatic rings. The highest BCUT2D eigenvalue weighted by Crippen LogP contribution is 2.28. The van der Waals surface area contributed by atoms with Gasteiger partial charge in [-0.2, -0.15) is 0 Å². The number of halogens is 1. The lowest BCUT2D eigenvalue weighted by atomic mass is 9.90. The summed E-state index contributed by atoms with van der Waals surface area (Å²) in [6, 6.07) is 5.58. The molecule has 3 atom stereocenters. The van der Waals surface area contributed by atoms with E-state index in [0.717, 1.165) is 50.8 Å². The number of aromatic amines is 1. The second-order valence-corrected chi connectivity index (χ2v) is 8.89. The third kappa shape index (κ3) is 4.08. The fourth-order valence-electron chi connectivity index (χ4n) is 5.01. The number of likely N-dealkylation sites (tertiary alicyclic amines) is 1. The van der Waals surface area contributed by atoms with Gasteiger partial charge in [-0.15, -0.1) is 0 Å². The molecule has 1 saturated carbocycles. The number of fused-ring (bicyclic) bond motifs is 1. The van der Waals surface area contributed by atoms with Crippen LogP contribution in [-0.2, 0) is 4.79 Å². The fraction of sp³-hybridized carbons (Fsp3) is 0.565. The van der Waals surface area contributed by atoms with Crippen LogP contribution < -0.4 is 5.32 Å². The van der Waals surface area contributed by atoms with E-state index in [1.54, 1.807) is 19.1 Å². The van der Waals surface area contributed by atoms with Crippen LogP contribution >= 0.6 is 0 Å². The number of carbonyl (C=O) groups is 2. The highest BCUT2D eigenvalue weighted by atomic mass is 19.1. The van der Waals surface area contributed by atoms with Crippen LogP contribution in [0.2, 0.25) is 0 Å². The zero-order chi connectivity index (χ0) is 21.4. The summed E-state index contributed by atoms with van der Waals surface area (Å²) in [7, 11) is 1.88. The Morgan fingerprint density at radius 1 is 1.27 bits per heavy atom. The average Bonchev–Trinajstić information content (AvgIpc) is 3.39. The van der Waals surface area contributed by atoms with Crippen LogP contribution in [-0.4, -0.2) is 64.9 Å². The SMILES string of the molecule is CC(=O)N(C)[C@@H]1CCN([C@H]2CCC[C@@H](NC(=O)c3cc4c(F)ccc(C)c4[nH]3)C2)C1. The molecule has 1 aliphatic heterocycles. The molecule has 162 valence electrons. The maximum absolute atomic E-state index is 14.1. The van der Waals surface area contributed by atoms with E-state index < -0.39 is 0 Å². The first kappa shape index (κ1) is 20.8. The lowest BCUT2D eigenvalue weighted by Gasteiger charge is -2.36. The summed E-state index contributed by atoms with van der Waals surface area (Å²) in [5.74, 6) is -0.380. The minimum atomic E-state index is -0.317. The Morgan fingerprint density at radius 2 is 2.07 bits per heavy atom. The summed E-state index contributed by atoms with van der Waals surface area (Å²) in [6.45, 7) is 5.42. The summed E-state index contributed by atoms with van der Waals surface area (Å²) in [5, 5.41) is 3.61. The maximum atomic E-state index is 14.1. The van der Waals surface area contributed by atoms with Crippen molar-refractivity contribution in [2.75, 3.05) is 20.1 Å². The van der Waals surface area contributed by atoms with Crippen LogP contribution in [0.4, 0.5) is 4.39 Å². The first-order chi connectivity index (χ1) is 14.3. The van der Waals surface area contributed by atoms with E-state index in [1.807, 2.05) is 18.9 Å². The molecule has 0 radical (unpaired) electrons. The molecule has 0 spiro atoms. The van der Waals surface area contributed by atoms with Crippen LogP contribution in [0.15, 0.2) is 18.2 Å². The molecule has 1 aliphatic carbocycles. The zero-order valence-corrected chi connectivity index (χ0v) is 18.0. The van der Waals surface area contributed by atoms with E-state index in [9.17, 15) is 14.0 Å². The summed E-state index contributed by atoms with van der Waals surface area (Å²) < 4.78 is 14.1. The van der Waals surface area contributed by atoms with Gasteiger partial charge in [-0.05, 0) is 56.7 Å². The van der Waals surface area contributed by atoms with Crippen LogP contribution in [0, 0.1) is 12.7 Å². The second kappa shape index (κ2) is 8.38. The molecule has 0 bridgehead atoms. The number of benzene rings is 1. The van der Waals surface area contributed by atoms with Crippen molar-refractivity contribution < 1.29 is 14.0 Å². The van der Waals surface area contributed by atoms with Gasteiger partial charge >= 0.3 is 0 Å². The number of aromatic nitrogens is 1. The number of rotatable bonds is 4. The predicted molar refractivity (Wildman–Crippen MR) is 115 cm³/mol. The number of nitrogens with one attached hydrogen (secondary N) is 2. The molecule has 2 amide bonds. The third-order valence-corrected chi connectivity index (χ3v) is 6.93. The van der Waals surface area contributed by atoms with E-state index in [-0.39, 0.29) is 29.7 Å². The number of likely N-dealkylation sites (N-methyl/N-ethyl adjacent to an activating group) is 1. The molecule has 6 nitrogen and oxygen atoms in total. The monoisotopic (exact) mass is 414 g/mol. The lowest BCUT2D eigenvalue weighted by Crippen LogP contribution is -2.46. The van der Waals surface area contributed by atoms with Crippen molar-refractivity contribution in [3.63, 3.8) is 0 Å². The van der Waals surface area contributed by atoms with Crippen molar-refractivity contribution in [2.24, 2.45) is 0 Å². The highest BCUT2D eigenvalue weighted by Gasteiger charge is 2.34. The number of aryl methyl sites for hydroxylation is 1. The van der Waals surface area contributed by atoms with Crippen molar-refractivity contribution in [2.45, 2.75) is 64.1 Å². The molecule has 1 aromatic carbocycles. The summed E-state index contributed by atoms with van der Waals surface area (Å²) in [5.41, 5.74) is 2.01. The van der Waals surface area contributed by atoms with Gasteiger partial charge in [0.25, 0.3) is 5.91 Å². The molecule has 2 fully saturated rings. The number of nitrogens with zero attached hydrogens (tertiary/aromatic N) is 2. The third-order valence-electron chi connectivity index (χ3n) is 6.93. The Bertz CT molecular complexity index is 917. The van der Waals surface area contributed by atoms with Crippen molar-refractivity contribution >= 4 is 22.7 Å². The quantitative estimate of drug-likeness (QED) is 0.807. The molecule has 4 rings (SSSR count). The molecular weight excluding hydrogens is 383 g/mol. The molecule has 1 aromatic heterocycles. The number of H-pyrrole nitrogens is 1. The molecule has 7 heteroatoms. The summed E-state index contributed by atoms with van der Waals surface area (Å²) >= 11 is 0. The number of amides is 2. The van der Waals surface area contributed by atoms with Gasteiger partial charge in [0.1, 0.15) is 11.5 Å². The Balaban J connectivity index is 1.39. The molecule has 2 aliphatic rings. The van der Waals surface area contributed by atoms with E-state index >= 15 is 0 Å². The van der Waals surface area contributed by atoms with E-state index in [4.69, 9.17) is 0 Å². The van der Waals surface area contributed by atoms with E-state index in [1.165, 1.54) is 6.07 Å². The molecule has 1 saturated heterocycles. The average molecular weight is 415 g/mol. The first-order valence-corrected chi connectivity index (χ1v) is 10.9. The zero-order valence-electron chi connectivity index (χ0n) is 18.0. The Hall–Kier alpha value is -2.41. The van der Waals surface area contributed by atoms with Gasteiger partial charge in [-0.25, -0.2) is 4.39 Å². The number of hydrogen-bond acceptors (Lipinski definition) is 3. The van der Waals surface area contributed by atoms with E-state index in [0.29, 0.717) is 22.6 Å². The molecule has 30 heavy (non-hydrogen) atoms. The Labute approximate surface area is 176 Å². The standard InChI is InChI=1S/C23H31FN4O2/c1-14-7-8-20(24)19-12-21(26-22(14)19)23(30)25-16-5-4-6-17(11-16)28-10-9-18(13-28)27(3)15(2)29/h7-8,12,16-18,26H,4-6,9-11,13H2,1-3H3,(H,25,30)/t16-,17+,18-/m1/s1. The van der Waals surface area contributed by atoms with Crippen LogP contribution in [0.25, 0.3) is 10.9 Å². The fourth-order valence-corrected chi connectivity index (χ4v) is 5.01. The van der Waals surface area contributed by atoms with Crippen molar-refractivity contribution in [3.05, 3.63) is 35.3 Å². The summed E-state index contributed by atoms with van der Waals surface area (Å²) in [4.78, 5) is 31.9. The van der Waals surface area contributed by atoms with Crippen LogP contribution in [0.1, 0.15) is 55.1 Å². The van der Waals surface area contributed by atoms with Gasteiger partial charge in [0.15, 0.2) is 0 Å².